The minimum atomic E-state index is -3.97. The van der Waals surface area contributed by atoms with Gasteiger partial charge in [-0.15, -0.1) is 0 Å². The molecule has 0 saturated heterocycles. The van der Waals surface area contributed by atoms with E-state index in [0.29, 0.717) is 30.6 Å². The molecule has 1 N–H and O–H groups in total. The lowest BCUT2D eigenvalue weighted by Gasteiger charge is -2.20. The fourth-order valence-corrected chi connectivity index (χ4v) is 5.59. The summed E-state index contributed by atoms with van der Waals surface area (Å²) < 4.78 is 34.6. The maximum Gasteiger partial charge on any atom is 0.264 e. The van der Waals surface area contributed by atoms with Gasteiger partial charge in [0.25, 0.3) is 10.0 Å². The molecule has 2 aromatic carbocycles. The van der Waals surface area contributed by atoms with Crippen LogP contribution in [0.1, 0.15) is 24.0 Å². The summed E-state index contributed by atoms with van der Waals surface area (Å²) in [6, 6.07) is 10.6. The van der Waals surface area contributed by atoms with Crippen molar-refractivity contribution < 1.29 is 17.9 Å². The molecule has 1 aliphatic heterocycles. The van der Waals surface area contributed by atoms with E-state index in [-0.39, 0.29) is 4.90 Å². The van der Waals surface area contributed by atoms with Crippen LogP contribution in [0.15, 0.2) is 45.8 Å². The number of rotatable bonds is 5. The smallest absolute Gasteiger partial charge is 0.264 e. The third-order valence-corrected chi connectivity index (χ3v) is 7.50. The Hall–Kier alpha value is -2.06. The van der Waals surface area contributed by atoms with Gasteiger partial charge in [-0.3, -0.25) is 4.79 Å². The summed E-state index contributed by atoms with van der Waals surface area (Å²) in [6.45, 7) is 0.759. The van der Waals surface area contributed by atoms with E-state index in [2.05, 4.69) is 20.7 Å². The van der Waals surface area contributed by atoms with Crippen LogP contribution in [-0.4, -0.2) is 35.0 Å². The molecule has 28 heavy (non-hydrogen) atoms. The van der Waals surface area contributed by atoms with Crippen molar-refractivity contribution in [2.45, 2.75) is 29.6 Å². The molecule has 0 spiro atoms. The summed E-state index contributed by atoms with van der Waals surface area (Å²) in [4.78, 5) is 15.3. The Morgan fingerprint density at radius 2 is 2.00 bits per heavy atom. The highest BCUT2D eigenvalue weighted by atomic mass is 79.9. The fourth-order valence-electron chi connectivity index (χ4n) is 3.89. The van der Waals surface area contributed by atoms with Crippen LogP contribution in [0.2, 0.25) is 0 Å². The quantitative estimate of drug-likeness (QED) is 0.735. The summed E-state index contributed by atoms with van der Waals surface area (Å²) in [5, 5.41) is 0. The van der Waals surface area contributed by atoms with E-state index in [1.165, 1.54) is 0 Å². The second kappa shape index (κ2) is 6.77. The van der Waals surface area contributed by atoms with Crippen LogP contribution < -0.4 is 14.4 Å². The number of fused-ring (bicyclic) bond motifs is 1. The van der Waals surface area contributed by atoms with Crippen LogP contribution in [0, 0.1) is 0 Å². The molecule has 148 valence electrons. The van der Waals surface area contributed by atoms with E-state index < -0.39 is 21.3 Å². The third-order valence-electron chi connectivity index (χ3n) is 5.60. The van der Waals surface area contributed by atoms with Gasteiger partial charge in [0.15, 0.2) is 0 Å². The Morgan fingerprint density at radius 1 is 1.25 bits per heavy atom. The first-order valence-electron chi connectivity index (χ1n) is 9.03. The molecule has 1 amide bonds. The van der Waals surface area contributed by atoms with Crippen molar-refractivity contribution in [3.05, 3.63) is 52.0 Å². The van der Waals surface area contributed by atoms with Crippen LogP contribution in [0.5, 0.6) is 5.75 Å². The Morgan fingerprint density at radius 3 is 2.68 bits per heavy atom. The number of halogens is 1. The molecule has 0 bridgehead atoms. The van der Waals surface area contributed by atoms with Crippen molar-refractivity contribution in [1.29, 1.82) is 0 Å². The minimum Gasteiger partial charge on any atom is -0.496 e. The molecule has 0 unspecified atom stereocenters. The predicted octanol–water partition coefficient (Wildman–Crippen LogP) is 2.99. The first-order chi connectivity index (χ1) is 13.3. The average Bonchev–Trinajstić information content (AvgIpc) is 3.39. The zero-order chi connectivity index (χ0) is 20.1. The van der Waals surface area contributed by atoms with Crippen LogP contribution in [0.4, 0.5) is 5.69 Å². The second-order valence-electron chi connectivity index (χ2n) is 7.29. The second-order valence-corrected chi connectivity index (χ2v) is 9.85. The number of nitrogens with one attached hydrogen (secondary N) is 1. The lowest BCUT2D eigenvalue weighted by atomic mass is 9.94. The molecule has 2 aliphatic rings. The first-order valence-corrected chi connectivity index (χ1v) is 11.3. The number of likely N-dealkylation sites (N-methyl/N-ethyl adjacent to an activating group) is 1. The Bertz CT molecular complexity index is 1060. The van der Waals surface area contributed by atoms with Crippen LogP contribution in [-0.2, 0) is 26.7 Å². The zero-order valence-electron chi connectivity index (χ0n) is 15.7. The Balaban J connectivity index is 1.67. The number of benzene rings is 2. The van der Waals surface area contributed by atoms with Gasteiger partial charge < -0.3 is 9.64 Å². The average molecular weight is 465 g/mol. The predicted molar refractivity (Wildman–Crippen MR) is 110 cm³/mol. The molecule has 2 aromatic rings. The van der Waals surface area contributed by atoms with Gasteiger partial charge in [-0.1, -0.05) is 22.0 Å². The lowest BCUT2D eigenvalue weighted by molar-refractivity contribution is -0.121. The fraction of sp³-hybridized carbons (Fsp3) is 0.350. The highest BCUT2D eigenvalue weighted by Crippen LogP contribution is 2.52. The summed E-state index contributed by atoms with van der Waals surface area (Å²) in [6.07, 6.45) is 1.80. The minimum absolute atomic E-state index is 0.180. The van der Waals surface area contributed by atoms with Crippen LogP contribution in [0.25, 0.3) is 0 Å². The van der Waals surface area contributed by atoms with Crippen LogP contribution >= 0.6 is 15.9 Å². The van der Waals surface area contributed by atoms with Crippen molar-refractivity contribution in [3.8, 4) is 5.75 Å². The van der Waals surface area contributed by atoms with E-state index >= 15 is 0 Å². The van der Waals surface area contributed by atoms with E-state index in [0.717, 1.165) is 22.3 Å². The number of hydrogen-bond acceptors (Lipinski definition) is 5. The van der Waals surface area contributed by atoms with E-state index in [1.54, 1.807) is 25.3 Å². The highest BCUT2D eigenvalue weighted by Gasteiger charge is 2.54. The van der Waals surface area contributed by atoms with Gasteiger partial charge >= 0.3 is 0 Å². The van der Waals surface area contributed by atoms with Gasteiger partial charge in [0.2, 0.25) is 5.91 Å². The summed E-state index contributed by atoms with van der Waals surface area (Å²) in [5.74, 6) is 0.0725. The molecule has 4 rings (SSSR count). The molecular formula is C20H21BrN2O4S. The zero-order valence-corrected chi connectivity index (χ0v) is 18.1. The standard InChI is InChI=1S/C20H21BrN2O4S/c1-23-11-8-14-16(23)4-3-5-18(14)28(25,26)22-19(24)20(9-10-20)15-12-13(21)6-7-17(15)27-2/h3-7,12H,8-11H2,1-2H3,(H,22,24). The van der Waals surface area contributed by atoms with Crippen LogP contribution in [0.3, 0.4) is 0 Å². The number of sulfonamides is 1. The highest BCUT2D eigenvalue weighted by molar-refractivity contribution is 9.10. The van der Waals surface area contributed by atoms with Gasteiger partial charge in [0.05, 0.1) is 17.4 Å². The molecule has 1 saturated carbocycles. The van der Waals surface area contributed by atoms with E-state index in [1.807, 2.05) is 30.1 Å². The van der Waals surface area contributed by atoms with Crippen molar-refractivity contribution in [2.75, 3.05) is 25.6 Å². The largest absolute Gasteiger partial charge is 0.496 e. The molecule has 8 heteroatoms. The molecule has 1 aliphatic carbocycles. The number of carbonyl (C=O) groups is 1. The van der Waals surface area contributed by atoms with Crippen molar-refractivity contribution in [2.24, 2.45) is 0 Å². The van der Waals surface area contributed by atoms with Gasteiger partial charge in [0.1, 0.15) is 5.75 Å². The van der Waals surface area contributed by atoms with Crippen molar-refractivity contribution in [1.82, 2.24) is 4.72 Å². The molecule has 0 radical (unpaired) electrons. The Labute approximate surface area is 173 Å². The van der Waals surface area contributed by atoms with Gasteiger partial charge in [-0.2, -0.15) is 0 Å². The topological polar surface area (TPSA) is 75.7 Å². The molecular weight excluding hydrogens is 444 g/mol. The number of anilines is 1. The Kier molecular flexibility index (Phi) is 4.66. The summed E-state index contributed by atoms with van der Waals surface area (Å²) in [7, 11) is -0.495. The maximum absolute atomic E-state index is 13.1. The first kappa shape index (κ1) is 19.3. The molecule has 0 aromatic heterocycles. The monoisotopic (exact) mass is 464 g/mol. The number of nitrogens with zero attached hydrogens (tertiary/aromatic N) is 1. The third kappa shape index (κ3) is 3.08. The maximum atomic E-state index is 13.1. The van der Waals surface area contributed by atoms with E-state index in [9.17, 15) is 13.2 Å². The molecule has 6 nitrogen and oxygen atoms in total. The molecule has 1 fully saturated rings. The number of hydrogen-bond donors (Lipinski definition) is 1. The lowest BCUT2D eigenvalue weighted by Crippen LogP contribution is -2.39. The normalized spacial score (nSPS) is 17.2. The number of methoxy groups -OCH3 is 1. The van der Waals surface area contributed by atoms with Gasteiger partial charge in [-0.25, -0.2) is 13.1 Å². The summed E-state index contributed by atoms with van der Waals surface area (Å²) >= 11 is 3.42. The molecule has 1 heterocycles. The molecule has 0 atom stereocenters. The number of carbonyl (C=O) groups excluding carboxylic acids is 1. The van der Waals surface area contributed by atoms with Crippen molar-refractivity contribution >= 4 is 37.5 Å². The van der Waals surface area contributed by atoms with Gasteiger partial charge in [-0.05, 0) is 55.2 Å². The van der Waals surface area contributed by atoms with E-state index in [4.69, 9.17) is 4.74 Å². The summed E-state index contributed by atoms with van der Waals surface area (Å²) in [5.41, 5.74) is 1.48. The van der Waals surface area contributed by atoms with Gasteiger partial charge in [0, 0.05) is 29.3 Å². The van der Waals surface area contributed by atoms with Crippen molar-refractivity contribution in [3.63, 3.8) is 0 Å². The number of ether oxygens (including phenoxy) is 1. The number of amides is 1. The SMILES string of the molecule is COc1ccc(Br)cc1C1(C(=O)NS(=O)(=O)c2cccc3c2CCN3C)CC1.